The van der Waals surface area contributed by atoms with Gasteiger partial charge in [0.1, 0.15) is 11.6 Å². The summed E-state index contributed by atoms with van der Waals surface area (Å²) >= 11 is 0. The van der Waals surface area contributed by atoms with E-state index in [9.17, 15) is 0 Å². The van der Waals surface area contributed by atoms with Crippen molar-refractivity contribution in [1.82, 2.24) is 9.97 Å². The van der Waals surface area contributed by atoms with Crippen molar-refractivity contribution in [2.75, 3.05) is 19.0 Å². The van der Waals surface area contributed by atoms with Gasteiger partial charge in [0.25, 0.3) is 0 Å². The minimum absolute atomic E-state index is 0.316. The lowest BCUT2D eigenvalue weighted by Gasteiger charge is -2.28. The van der Waals surface area contributed by atoms with Crippen LogP contribution in [0.5, 0.6) is 5.88 Å². The third-order valence-corrected chi connectivity index (χ3v) is 3.54. The normalized spacial score (nSPS) is 23.7. The fourth-order valence-electron chi connectivity index (χ4n) is 2.46. The van der Waals surface area contributed by atoms with Gasteiger partial charge in [0.05, 0.1) is 7.11 Å². The number of nitrogens with two attached hydrogens (primary N) is 1. The first-order valence-electron chi connectivity index (χ1n) is 6.58. The molecule has 100 valence electrons. The van der Waals surface area contributed by atoms with Crippen LogP contribution in [0.2, 0.25) is 0 Å². The van der Waals surface area contributed by atoms with Crippen LogP contribution in [0.3, 0.4) is 0 Å². The van der Waals surface area contributed by atoms with E-state index in [2.05, 4.69) is 15.3 Å². The molecule has 0 bridgehead atoms. The Hall–Kier alpha value is -1.36. The molecule has 0 saturated heterocycles. The van der Waals surface area contributed by atoms with Crippen molar-refractivity contribution >= 4 is 5.82 Å². The highest BCUT2D eigenvalue weighted by Crippen LogP contribution is 2.23. The van der Waals surface area contributed by atoms with Gasteiger partial charge in [-0.1, -0.05) is 12.8 Å². The third kappa shape index (κ3) is 3.32. The zero-order valence-corrected chi connectivity index (χ0v) is 11.1. The van der Waals surface area contributed by atoms with Gasteiger partial charge in [-0.15, -0.1) is 0 Å². The molecule has 2 unspecified atom stereocenters. The summed E-state index contributed by atoms with van der Waals surface area (Å²) in [6.45, 7) is 2.74. The van der Waals surface area contributed by atoms with Crippen molar-refractivity contribution in [3.05, 3.63) is 11.9 Å². The van der Waals surface area contributed by atoms with E-state index in [4.69, 9.17) is 10.5 Å². The molecule has 1 fully saturated rings. The lowest BCUT2D eigenvalue weighted by Crippen LogP contribution is -2.37. The van der Waals surface area contributed by atoms with E-state index in [0.717, 1.165) is 18.8 Å². The topological polar surface area (TPSA) is 73.1 Å². The molecule has 1 aromatic heterocycles. The Bertz CT molecular complexity index is 397. The second kappa shape index (κ2) is 6.00. The van der Waals surface area contributed by atoms with E-state index in [0.29, 0.717) is 23.7 Å². The molecule has 0 spiro atoms. The first-order chi connectivity index (χ1) is 8.69. The molecule has 5 nitrogen and oxygen atoms in total. The second-order valence-electron chi connectivity index (χ2n) is 4.93. The lowest BCUT2D eigenvalue weighted by molar-refractivity contribution is 0.321. The Labute approximate surface area is 108 Å². The molecule has 0 amide bonds. The number of aryl methyl sites for hydroxylation is 1. The fraction of sp³-hybridized carbons (Fsp3) is 0.692. The summed E-state index contributed by atoms with van der Waals surface area (Å²) < 4.78 is 5.13. The minimum atomic E-state index is 0.316. The quantitative estimate of drug-likeness (QED) is 0.851. The average molecular weight is 250 g/mol. The summed E-state index contributed by atoms with van der Waals surface area (Å²) in [5, 5.41) is 3.35. The van der Waals surface area contributed by atoms with Crippen molar-refractivity contribution in [1.29, 1.82) is 0 Å². The Morgan fingerprint density at radius 1 is 1.39 bits per heavy atom. The fourth-order valence-corrected chi connectivity index (χ4v) is 2.46. The highest BCUT2D eigenvalue weighted by molar-refractivity contribution is 5.38. The highest BCUT2D eigenvalue weighted by atomic mass is 16.5. The van der Waals surface area contributed by atoms with E-state index < -0.39 is 0 Å². The van der Waals surface area contributed by atoms with Gasteiger partial charge in [-0.25, -0.2) is 4.98 Å². The summed E-state index contributed by atoms with van der Waals surface area (Å²) in [4.78, 5) is 8.51. The number of rotatable bonds is 4. The van der Waals surface area contributed by atoms with Crippen molar-refractivity contribution < 1.29 is 4.74 Å². The molecule has 2 rings (SSSR count). The van der Waals surface area contributed by atoms with Crippen molar-refractivity contribution in [3.63, 3.8) is 0 Å². The standard InChI is InChI=1S/C13H22N4O/c1-9-16-12(7-13(17-9)18-2)15-8-10-5-3-4-6-11(10)14/h7,10-11H,3-6,8,14H2,1-2H3,(H,15,16,17). The van der Waals surface area contributed by atoms with Crippen LogP contribution in [-0.2, 0) is 0 Å². The molecule has 1 aliphatic rings. The predicted octanol–water partition coefficient (Wildman–Crippen LogP) is 1.72. The number of aromatic nitrogens is 2. The van der Waals surface area contributed by atoms with Gasteiger partial charge in [-0.2, -0.15) is 4.98 Å². The van der Waals surface area contributed by atoms with Gasteiger partial charge >= 0.3 is 0 Å². The van der Waals surface area contributed by atoms with Crippen molar-refractivity contribution in [2.45, 2.75) is 38.6 Å². The number of nitrogens with one attached hydrogen (secondary N) is 1. The smallest absolute Gasteiger partial charge is 0.218 e. The van der Waals surface area contributed by atoms with Crippen molar-refractivity contribution in [2.24, 2.45) is 11.7 Å². The van der Waals surface area contributed by atoms with E-state index in [1.165, 1.54) is 19.3 Å². The third-order valence-electron chi connectivity index (χ3n) is 3.54. The van der Waals surface area contributed by atoms with Crippen LogP contribution in [0.1, 0.15) is 31.5 Å². The predicted molar refractivity (Wildman–Crippen MR) is 71.7 cm³/mol. The zero-order valence-electron chi connectivity index (χ0n) is 11.1. The molecule has 0 aromatic carbocycles. The average Bonchev–Trinajstić information content (AvgIpc) is 2.37. The maximum atomic E-state index is 6.13. The molecule has 1 aliphatic carbocycles. The van der Waals surface area contributed by atoms with Gasteiger partial charge in [0.15, 0.2) is 0 Å². The van der Waals surface area contributed by atoms with Crippen LogP contribution in [0.15, 0.2) is 6.07 Å². The lowest BCUT2D eigenvalue weighted by atomic mass is 9.85. The zero-order chi connectivity index (χ0) is 13.0. The summed E-state index contributed by atoms with van der Waals surface area (Å²) in [6, 6.07) is 2.14. The van der Waals surface area contributed by atoms with E-state index in [-0.39, 0.29) is 0 Å². The Morgan fingerprint density at radius 2 is 2.17 bits per heavy atom. The molecular formula is C13H22N4O. The SMILES string of the molecule is COc1cc(NCC2CCCCC2N)nc(C)n1. The molecule has 1 saturated carbocycles. The monoisotopic (exact) mass is 250 g/mol. The van der Waals surface area contributed by atoms with Crippen LogP contribution in [0, 0.1) is 12.8 Å². The van der Waals surface area contributed by atoms with Gasteiger partial charge in [0, 0.05) is 18.7 Å². The second-order valence-corrected chi connectivity index (χ2v) is 4.93. The van der Waals surface area contributed by atoms with Gasteiger partial charge in [0.2, 0.25) is 5.88 Å². The van der Waals surface area contributed by atoms with Crippen LogP contribution in [-0.4, -0.2) is 29.7 Å². The summed E-state index contributed by atoms with van der Waals surface area (Å²) in [7, 11) is 1.61. The van der Waals surface area contributed by atoms with Crippen LogP contribution < -0.4 is 15.8 Å². The van der Waals surface area contributed by atoms with Gasteiger partial charge < -0.3 is 15.8 Å². The van der Waals surface area contributed by atoms with E-state index >= 15 is 0 Å². The molecule has 0 radical (unpaired) electrons. The van der Waals surface area contributed by atoms with E-state index in [1.807, 2.05) is 13.0 Å². The number of hydrogen-bond acceptors (Lipinski definition) is 5. The van der Waals surface area contributed by atoms with Gasteiger partial charge in [-0.05, 0) is 25.7 Å². The molecule has 18 heavy (non-hydrogen) atoms. The Balaban J connectivity index is 1.94. The number of nitrogens with zero attached hydrogens (tertiary/aromatic N) is 2. The van der Waals surface area contributed by atoms with Crippen LogP contribution >= 0.6 is 0 Å². The van der Waals surface area contributed by atoms with Gasteiger partial charge in [-0.3, -0.25) is 0 Å². The van der Waals surface area contributed by atoms with E-state index in [1.54, 1.807) is 7.11 Å². The highest BCUT2D eigenvalue weighted by Gasteiger charge is 2.21. The minimum Gasteiger partial charge on any atom is -0.481 e. The van der Waals surface area contributed by atoms with Crippen LogP contribution in [0.25, 0.3) is 0 Å². The van der Waals surface area contributed by atoms with Crippen LogP contribution in [0.4, 0.5) is 5.82 Å². The number of hydrogen-bond donors (Lipinski definition) is 2. The maximum Gasteiger partial charge on any atom is 0.218 e. The molecule has 1 heterocycles. The molecule has 3 N–H and O–H groups in total. The maximum absolute atomic E-state index is 6.13. The summed E-state index contributed by atoms with van der Waals surface area (Å²) in [6.07, 6.45) is 4.89. The van der Waals surface area contributed by atoms with Crippen molar-refractivity contribution in [3.8, 4) is 5.88 Å². The molecular weight excluding hydrogens is 228 g/mol. The largest absolute Gasteiger partial charge is 0.481 e. The first-order valence-corrected chi connectivity index (χ1v) is 6.58. The number of ether oxygens (including phenoxy) is 1. The molecule has 0 aliphatic heterocycles. The summed E-state index contributed by atoms with van der Waals surface area (Å²) in [5.41, 5.74) is 6.13. The first kappa shape index (κ1) is 13.1. The Morgan fingerprint density at radius 3 is 2.89 bits per heavy atom. The Kier molecular flexibility index (Phi) is 4.36. The molecule has 1 aromatic rings. The summed E-state index contributed by atoms with van der Waals surface area (Å²) in [5.74, 6) is 2.67. The molecule has 2 atom stereocenters. The molecule has 5 heteroatoms. The number of anilines is 1. The number of methoxy groups -OCH3 is 1.